The zero-order valence-corrected chi connectivity index (χ0v) is 8.51. The third kappa shape index (κ3) is 1.65. The summed E-state index contributed by atoms with van der Waals surface area (Å²) in [5.41, 5.74) is 0. The van der Waals surface area contributed by atoms with Gasteiger partial charge in [0.15, 0.2) is 0 Å². The van der Waals surface area contributed by atoms with Gasteiger partial charge in [-0.3, -0.25) is 0 Å². The molecule has 0 aromatic heterocycles. The number of hydrogen-bond acceptors (Lipinski definition) is 2. The molecule has 0 bridgehead atoms. The van der Waals surface area contributed by atoms with Crippen LogP contribution in [0.4, 0.5) is 0 Å². The molecule has 0 spiro atoms. The lowest BCUT2D eigenvalue weighted by atomic mass is 10.1. The normalized spacial score (nSPS) is 32.8. The number of aliphatic hydroxyl groups excluding tert-OH is 1. The van der Waals surface area contributed by atoms with Gasteiger partial charge in [0.05, 0.1) is 9.52 Å². The minimum atomic E-state index is -0.358. The lowest BCUT2D eigenvalue weighted by molar-refractivity contribution is -0.0186. The molecule has 2 nitrogen and oxygen atoms in total. The molecule has 0 aromatic carbocycles. The van der Waals surface area contributed by atoms with Crippen molar-refractivity contribution in [1.29, 1.82) is 0 Å². The number of rotatable bonds is 2. The Morgan fingerprint density at radius 3 is 2.64 bits per heavy atom. The van der Waals surface area contributed by atoms with Gasteiger partial charge in [-0.05, 0) is 19.3 Å². The molecule has 1 aliphatic heterocycles. The fraction of sp³-hybridized carbons (Fsp3) is 0.750. The van der Waals surface area contributed by atoms with Crippen LogP contribution in [-0.4, -0.2) is 26.5 Å². The Morgan fingerprint density at radius 1 is 1.64 bits per heavy atom. The van der Waals surface area contributed by atoms with E-state index in [4.69, 9.17) is 4.74 Å². The molecule has 1 atom stereocenters. The van der Waals surface area contributed by atoms with Crippen molar-refractivity contribution in [2.45, 2.75) is 31.0 Å². The Morgan fingerprint density at radius 2 is 2.36 bits per heavy atom. The van der Waals surface area contributed by atoms with Crippen molar-refractivity contribution in [3.63, 3.8) is 0 Å². The molecule has 1 rings (SSSR count). The molecule has 0 saturated carbocycles. The Balaban J connectivity index is 2.64. The van der Waals surface area contributed by atoms with E-state index in [2.05, 4.69) is 13.1 Å². The second-order valence-electron chi connectivity index (χ2n) is 3.10. The van der Waals surface area contributed by atoms with Crippen LogP contribution in [0.2, 0.25) is 6.55 Å². The first-order valence-electron chi connectivity index (χ1n) is 4.23. The second-order valence-corrected chi connectivity index (χ2v) is 4.95. The second kappa shape index (κ2) is 3.41. The molecule has 1 aliphatic rings. The van der Waals surface area contributed by atoms with Crippen LogP contribution in [0, 0.1) is 0 Å². The van der Waals surface area contributed by atoms with Gasteiger partial charge in [0, 0.05) is 6.61 Å². The van der Waals surface area contributed by atoms with Crippen LogP contribution in [0.15, 0.2) is 12.3 Å². The first-order chi connectivity index (χ1) is 5.21. The number of hydrogen-bond donors (Lipinski definition) is 1. The van der Waals surface area contributed by atoms with Gasteiger partial charge in [-0.2, -0.15) is 0 Å². The Bertz CT molecular complexity index is 150. The van der Waals surface area contributed by atoms with Crippen LogP contribution in [-0.2, 0) is 4.74 Å². The Hall–Kier alpha value is -0.283. The molecule has 0 amide bonds. The molecular weight excluding hydrogens is 156 g/mol. The van der Waals surface area contributed by atoms with Crippen molar-refractivity contribution < 1.29 is 9.84 Å². The standard InChI is InChI=1S/C8H16O2Si/c1-7(9)8(11-2)5-3-4-6-10-8/h9H,1,3-6,11H2,2H3. The summed E-state index contributed by atoms with van der Waals surface area (Å²) in [6, 6.07) is 0. The third-order valence-electron chi connectivity index (χ3n) is 2.45. The first kappa shape index (κ1) is 8.81. The van der Waals surface area contributed by atoms with Crippen LogP contribution in [0.25, 0.3) is 0 Å². The van der Waals surface area contributed by atoms with Crippen molar-refractivity contribution >= 4 is 9.52 Å². The van der Waals surface area contributed by atoms with Gasteiger partial charge in [-0.1, -0.05) is 13.1 Å². The molecule has 0 aromatic rings. The molecule has 1 heterocycles. The van der Waals surface area contributed by atoms with Crippen LogP contribution in [0.1, 0.15) is 19.3 Å². The van der Waals surface area contributed by atoms with E-state index in [1.54, 1.807) is 0 Å². The Labute approximate surface area is 70.1 Å². The van der Waals surface area contributed by atoms with Gasteiger partial charge >= 0.3 is 0 Å². The van der Waals surface area contributed by atoms with E-state index >= 15 is 0 Å². The van der Waals surface area contributed by atoms with E-state index in [0.717, 1.165) is 19.4 Å². The van der Waals surface area contributed by atoms with Gasteiger partial charge in [-0.25, -0.2) is 0 Å². The molecule has 64 valence electrons. The smallest absolute Gasteiger partial charge is 0.113 e. The van der Waals surface area contributed by atoms with Crippen molar-refractivity contribution in [2.24, 2.45) is 0 Å². The van der Waals surface area contributed by atoms with Crippen LogP contribution < -0.4 is 0 Å². The number of aliphatic hydroxyl groups is 1. The highest BCUT2D eigenvalue weighted by Crippen LogP contribution is 2.28. The topological polar surface area (TPSA) is 29.5 Å². The van der Waals surface area contributed by atoms with Gasteiger partial charge in [0.1, 0.15) is 11.0 Å². The maximum Gasteiger partial charge on any atom is 0.113 e. The van der Waals surface area contributed by atoms with Crippen molar-refractivity contribution in [1.82, 2.24) is 0 Å². The van der Waals surface area contributed by atoms with E-state index in [9.17, 15) is 5.11 Å². The monoisotopic (exact) mass is 172 g/mol. The van der Waals surface area contributed by atoms with E-state index < -0.39 is 0 Å². The summed E-state index contributed by atoms with van der Waals surface area (Å²) in [6.45, 7) is 6.54. The van der Waals surface area contributed by atoms with Crippen LogP contribution in [0.5, 0.6) is 0 Å². The van der Waals surface area contributed by atoms with E-state index in [0.29, 0.717) is 0 Å². The summed E-state index contributed by atoms with van der Waals surface area (Å²) in [5, 5.41) is 9.06. The molecule has 3 heteroatoms. The first-order valence-corrected chi connectivity index (χ1v) is 6.36. The van der Waals surface area contributed by atoms with Gasteiger partial charge in [-0.15, -0.1) is 0 Å². The van der Waals surface area contributed by atoms with Crippen molar-refractivity contribution in [3.8, 4) is 0 Å². The minimum absolute atomic E-state index is 0.256. The maximum absolute atomic E-state index is 9.34. The highest BCUT2D eigenvalue weighted by atomic mass is 28.2. The molecule has 0 aliphatic carbocycles. The third-order valence-corrected chi connectivity index (χ3v) is 4.56. The summed E-state index contributed by atoms with van der Waals surface area (Å²) in [7, 11) is -0.358. The zero-order valence-electron chi connectivity index (χ0n) is 7.10. The van der Waals surface area contributed by atoms with E-state index in [1.165, 1.54) is 6.42 Å². The summed E-state index contributed by atoms with van der Waals surface area (Å²) in [6.07, 6.45) is 3.27. The summed E-state index contributed by atoms with van der Waals surface area (Å²) in [5.74, 6) is 0.256. The zero-order chi connectivity index (χ0) is 8.32. The molecule has 1 N–H and O–H groups in total. The Kier molecular flexibility index (Phi) is 2.73. The number of ether oxygens (including phenoxy) is 1. The highest BCUT2D eigenvalue weighted by Gasteiger charge is 2.34. The lowest BCUT2D eigenvalue weighted by Gasteiger charge is -2.35. The van der Waals surface area contributed by atoms with Gasteiger partial charge < -0.3 is 9.84 Å². The van der Waals surface area contributed by atoms with E-state index in [-0.39, 0.29) is 20.5 Å². The van der Waals surface area contributed by atoms with E-state index in [1.807, 2.05) is 0 Å². The highest BCUT2D eigenvalue weighted by molar-refractivity contribution is 6.39. The molecule has 1 unspecified atom stereocenters. The molecule has 0 radical (unpaired) electrons. The lowest BCUT2D eigenvalue weighted by Crippen LogP contribution is -2.42. The van der Waals surface area contributed by atoms with Crippen LogP contribution in [0.3, 0.4) is 0 Å². The summed E-state index contributed by atoms with van der Waals surface area (Å²) in [4.78, 5) is 0. The molecule has 1 fully saturated rings. The van der Waals surface area contributed by atoms with Gasteiger partial charge in [0.25, 0.3) is 0 Å². The van der Waals surface area contributed by atoms with Crippen molar-refractivity contribution in [2.75, 3.05) is 6.61 Å². The molecule has 1 saturated heterocycles. The fourth-order valence-corrected chi connectivity index (χ4v) is 2.92. The van der Waals surface area contributed by atoms with Gasteiger partial charge in [0.2, 0.25) is 0 Å². The predicted molar refractivity (Wildman–Crippen MR) is 48.7 cm³/mol. The average Bonchev–Trinajstić information content (AvgIpc) is 2.05. The SMILES string of the molecule is C=C(O)C1([SiH2]C)CCCCO1. The summed E-state index contributed by atoms with van der Waals surface area (Å²) >= 11 is 0. The van der Waals surface area contributed by atoms with Crippen molar-refractivity contribution in [3.05, 3.63) is 12.3 Å². The summed E-state index contributed by atoms with van der Waals surface area (Å²) < 4.78 is 5.59. The largest absolute Gasteiger partial charge is 0.510 e. The quantitative estimate of drug-likeness (QED) is 0.500. The fourth-order valence-electron chi connectivity index (χ4n) is 1.56. The maximum atomic E-state index is 9.34. The predicted octanol–water partition coefficient (Wildman–Crippen LogP) is 1.17. The minimum Gasteiger partial charge on any atom is -0.510 e. The molecular formula is C8H16O2Si. The average molecular weight is 172 g/mol. The van der Waals surface area contributed by atoms with Crippen LogP contribution >= 0.6 is 0 Å². The molecule has 11 heavy (non-hydrogen) atoms.